The Morgan fingerprint density at radius 3 is 2.90 bits per heavy atom. The van der Waals surface area contributed by atoms with E-state index < -0.39 is 0 Å². The van der Waals surface area contributed by atoms with Gasteiger partial charge in [-0.15, -0.1) is 0 Å². The van der Waals surface area contributed by atoms with Crippen LogP contribution in [0.25, 0.3) is 0 Å². The Bertz CT molecular complexity index is 516. The summed E-state index contributed by atoms with van der Waals surface area (Å²) in [6, 6.07) is 6.31. The van der Waals surface area contributed by atoms with Gasteiger partial charge in [0.15, 0.2) is 0 Å². The quantitative estimate of drug-likeness (QED) is 0.873. The van der Waals surface area contributed by atoms with Gasteiger partial charge < -0.3 is 16.0 Å². The molecule has 0 spiro atoms. The van der Waals surface area contributed by atoms with E-state index in [9.17, 15) is 4.79 Å². The van der Waals surface area contributed by atoms with Gasteiger partial charge in [-0.2, -0.15) is 0 Å². The maximum atomic E-state index is 11.6. The number of rotatable bonds is 5. The fourth-order valence-corrected chi connectivity index (χ4v) is 3.11. The molecule has 0 radical (unpaired) electrons. The van der Waals surface area contributed by atoms with Crippen molar-refractivity contribution in [2.24, 2.45) is 5.73 Å². The minimum Gasteiger partial charge on any atom is -0.368 e. The number of amides is 1. The topological polar surface area (TPSA) is 58.4 Å². The number of nitrogens with one attached hydrogen (secondary N) is 1. The van der Waals surface area contributed by atoms with E-state index in [1.165, 1.54) is 12.8 Å². The second kappa shape index (κ2) is 5.62. The highest BCUT2D eigenvalue weighted by Gasteiger charge is 2.31. The highest BCUT2D eigenvalue weighted by molar-refractivity contribution is 6.31. The molecule has 1 heterocycles. The van der Waals surface area contributed by atoms with Crippen molar-refractivity contribution >= 4 is 23.2 Å². The molecule has 1 amide bonds. The summed E-state index contributed by atoms with van der Waals surface area (Å²) < 4.78 is 0. The summed E-state index contributed by atoms with van der Waals surface area (Å²) in [6.45, 7) is 1.62. The van der Waals surface area contributed by atoms with Gasteiger partial charge in [-0.1, -0.05) is 17.7 Å². The Balaban J connectivity index is 1.86. The molecular weight excluding hydrogens is 274 g/mol. The van der Waals surface area contributed by atoms with Crippen LogP contribution < -0.4 is 16.0 Å². The van der Waals surface area contributed by atoms with Crippen LogP contribution in [0.3, 0.4) is 0 Å². The van der Waals surface area contributed by atoms with E-state index in [2.05, 4.69) is 10.2 Å². The summed E-state index contributed by atoms with van der Waals surface area (Å²) in [5, 5.41) is 4.25. The van der Waals surface area contributed by atoms with Crippen LogP contribution >= 0.6 is 11.6 Å². The first-order valence-electron chi connectivity index (χ1n) is 7.23. The summed E-state index contributed by atoms with van der Waals surface area (Å²) in [5.41, 5.74) is 7.64. The van der Waals surface area contributed by atoms with Crippen molar-refractivity contribution in [2.75, 3.05) is 11.4 Å². The van der Waals surface area contributed by atoms with Gasteiger partial charge in [0.05, 0.1) is 0 Å². The molecule has 2 aliphatic rings. The summed E-state index contributed by atoms with van der Waals surface area (Å²) >= 11 is 6.36. The van der Waals surface area contributed by atoms with E-state index >= 15 is 0 Å². The molecule has 3 N–H and O–H groups in total. The fraction of sp³-hybridized carbons (Fsp3) is 0.533. The largest absolute Gasteiger partial charge is 0.368 e. The zero-order chi connectivity index (χ0) is 14.1. The monoisotopic (exact) mass is 293 g/mol. The Morgan fingerprint density at radius 2 is 2.20 bits per heavy atom. The lowest BCUT2D eigenvalue weighted by atomic mass is 10.1. The highest BCUT2D eigenvalue weighted by Crippen LogP contribution is 2.33. The highest BCUT2D eigenvalue weighted by atomic mass is 35.5. The predicted molar refractivity (Wildman–Crippen MR) is 80.9 cm³/mol. The smallest absolute Gasteiger partial charge is 0.240 e. The number of hydrogen-bond donors (Lipinski definition) is 2. The number of carbonyl (C=O) groups excluding carboxylic acids is 1. The lowest BCUT2D eigenvalue weighted by molar-refractivity contribution is -0.119. The zero-order valence-corrected chi connectivity index (χ0v) is 12.2. The van der Waals surface area contributed by atoms with Crippen LogP contribution in [-0.4, -0.2) is 24.5 Å². The number of anilines is 1. The Kier molecular flexibility index (Phi) is 3.85. The predicted octanol–water partition coefficient (Wildman–Crippen LogP) is 2.05. The second-order valence-corrected chi connectivity index (χ2v) is 6.05. The van der Waals surface area contributed by atoms with Gasteiger partial charge in [-0.05, 0) is 37.8 Å². The van der Waals surface area contributed by atoms with E-state index in [-0.39, 0.29) is 11.9 Å². The average molecular weight is 294 g/mol. The summed E-state index contributed by atoms with van der Waals surface area (Å²) in [6.07, 6.45) is 4.31. The molecule has 4 nitrogen and oxygen atoms in total. The van der Waals surface area contributed by atoms with Crippen molar-refractivity contribution in [3.8, 4) is 0 Å². The molecule has 1 saturated carbocycles. The Labute approximate surface area is 124 Å². The van der Waals surface area contributed by atoms with Gasteiger partial charge in [0.1, 0.15) is 6.04 Å². The molecule has 3 rings (SSSR count). The third-order valence-corrected chi connectivity index (χ3v) is 4.48. The molecule has 5 heteroatoms. The molecule has 1 aromatic carbocycles. The number of halogens is 1. The van der Waals surface area contributed by atoms with Crippen LogP contribution in [0.5, 0.6) is 0 Å². The van der Waals surface area contributed by atoms with Crippen molar-refractivity contribution in [1.29, 1.82) is 0 Å². The lowest BCUT2D eigenvalue weighted by Crippen LogP contribution is -2.41. The van der Waals surface area contributed by atoms with Crippen LogP contribution in [0, 0.1) is 0 Å². The second-order valence-electron chi connectivity index (χ2n) is 5.65. The third kappa shape index (κ3) is 2.76. The van der Waals surface area contributed by atoms with Crippen LogP contribution in [0.2, 0.25) is 5.02 Å². The van der Waals surface area contributed by atoms with Gasteiger partial charge >= 0.3 is 0 Å². The zero-order valence-electron chi connectivity index (χ0n) is 11.4. The minimum atomic E-state index is -0.247. The molecule has 1 saturated heterocycles. The van der Waals surface area contributed by atoms with Crippen molar-refractivity contribution in [1.82, 2.24) is 5.32 Å². The Morgan fingerprint density at radius 1 is 1.40 bits per heavy atom. The van der Waals surface area contributed by atoms with E-state index in [1.807, 2.05) is 18.2 Å². The first kappa shape index (κ1) is 13.7. The fourth-order valence-electron chi connectivity index (χ4n) is 2.88. The van der Waals surface area contributed by atoms with Crippen molar-refractivity contribution in [3.63, 3.8) is 0 Å². The molecule has 0 aromatic heterocycles. The van der Waals surface area contributed by atoms with Crippen LogP contribution in [0.4, 0.5) is 5.69 Å². The summed E-state index contributed by atoms with van der Waals surface area (Å²) in [5.74, 6) is -0.247. The van der Waals surface area contributed by atoms with Crippen LogP contribution in [-0.2, 0) is 11.3 Å². The maximum absolute atomic E-state index is 11.6. The minimum absolute atomic E-state index is 0.201. The van der Waals surface area contributed by atoms with Crippen molar-refractivity contribution < 1.29 is 4.79 Å². The number of hydrogen-bond acceptors (Lipinski definition) is 3. The normalized spacial score (nSPS) is 22.2. The van der Waals surface area contributed by atoms with Crippen LogP contribution in [0.15, 0.2) is 18.2 Å². The van der Waals surface area contributed by atoms with Gasteiger partial charge in [-0.3, -0.25) is 4.79 Å². The molecule has 1 atom stereocenters. The molecule has 1 aliphatic carbocycles. The van der Waals surface area contributed by atoms with E-state index in [1.54, 1.807) is 0 Å². The van der Waals surface area contributed by atoms with Crippen molar-refractivity contribution in [2.45, 2.75) is 44.3 Å². The molecular formula is C15H20ClN3O. The van der Waals surface area contributed by atoms with Gasteiger partial charge in [0.25, 0.3) is 0 Å². The number of carbonyl (C=O) groups is 1. The number of primary amides is 1. The van der Waals surface area contributed by atoms with E-state index in [0.29, 0.717) is 6.04 Å². The summed E-state index contributed by atoms with van der Waals surface area (Å²) in [4.78, 5) is 13.7. The number of nitrogens with two attached hydrogens (primary N) is 1. The van der Waals surface area contributed by atoms with E-state index in [0.717, 1.165) is 42.2 Å². The summed E-state index contributed by atoms with van der Waals surface area (Å²) in [7, 11) is 0. The third-order valence-electron chi connectivity index (χ3n) is 4.13. The molecule has 1 aliphatic heterocycles. The SMILES string of the molecule is NC(=O)C1CCCN1c1cccc(Cl)c1CNC1CC1. The number of benzene rings is 1. The van der Waals surface area contributed by atoms with Crippen LogP contribution in [0.1, 0.15) is 31.2 Å². The molecule has 2 fully saturated rings. The van der Waals surface area contributed by atoms with E-state index in [4.69, 9.17) is 17.3 Å². The maximum Gasteiger partial charge on any atom is 0.240 e. The average Bonchev–Trinajstić information content (AvgIpc) is 3.11. The standard InChI is InChI=1S/C15H20ClN3O/c16-12-3-1-4-13(11(12)9-18-10-6-7-10)19-8-2-5-14(19)15(17)20/h1,3-4,10,14,18H,2,5-9H2,(H2,17,20). The molecule has 108 valence electrons. The Hall–Kier alpha value is -1.26. The molecule has 1 aromatic rings. The number of nitrogens with zero attached hydrogens (tertiary/aromatic N) is 1. The van der Waals surface area contributed by atoms with Gasteiger partial charge in [0, 0.05) is 35.4 Å². The first-order chi connectivity index (χ1) is 9.66. The van der Waals surface area contributed by atoms with Gasteiger partial charge in [0.2, 0.25) is 5.91 Å². The molecule has 0 bridgehead atoms. The van der Waals surface area contributed by atoms with Crippen molar-refractivity contribution in [3.05, 3.63) is 28.8 Å². The molecule has 20 heavy (non-hydrogen) atoms. The molecule has 1 unspecified atom stereocenters. The lowest BCUT2D eigenvalue weighted by Gasteiger charge is -2.27. The van der Waals surface area contributed by atoms with Gasteiger partial charge in [-0.25, -0.2) is 0 Å². The first-order valence-corrected chi connectivity index (χ1v) is 7.61.